The van der Waals surface area contributed by atoms with Crippen LogP contribution in [0.15, 0.2) is 24.3 Å². The molecule has 0 bridgehead atoms. The fourth-order valence-corrected chi connectivity index (χ4v) is 2.68. The fourth-order valence-electron chi connectivity index (χ4n) is 2.68. The fraction of sp³-hybridized carbons (Fsp3) is 0.375. The van der Waals surface area contributed by atoms with E-state index in [1.54, 1.807) is 0 Å². The maximum atomic E-state index is 4.54. The normalized spacial score (nSPS) is 14.5. The van der Waals surface area contributed by atoms with Crippen LogP contribution in [0.2, 0.25) is 0 Å². The molecule has 2 aromatic rings. The van der Waals surface area contributed by atoms with Crippen LogP contribution in [0.25, 0.3) is 0 Å². The molecule has 1 aliphatic carbocycles. The molecule has 1 N–H and O–H groups in total. The molecule has 0 spiro atoms. The van der Waals surface area contributed by atoms with E-state index >= 15 is 0 Å². The van der Waals surface area contributed by atoms with Crippen molar-refractivity contribution in [3.63, 3.8) is 0 Å². The number of benzene rings is 1. The van der Waals surface area contributed by atoms with Crippen LogP contribution in [-0.2, 0) is 12.8 Å². The van der Waals surface area contributed by atoms with E-state index in [4.69, 9.17) is 0 Å². The van der Waals surface area contributed by atoms with Crippen LogP contribution in [0.3, 0.4) is 0 Å². The summed E-state index contributed by atoms with van der Waals surface area (Å²) in [5.74, 6) is 0.762. The van der Waals surface area contributed by atoms with Crippen molar-refractivity contribution in [3.8, 4) is 0 Å². The predicted molar refractivity (Wildman–Crippen MR) is 77.5 cm³/mol. The molecule has 3 rings (SSSR count). The van der Waals surface area contributed by atoms with E-state index in [1.165, 1.54) is 16.7 Å². The Kier molecular flexibility index (Phi) is 2.97. The third-order valence-electron chi connectivity index (χ3n) is 4.02. The van der Waals surface area contributed by atoms with Gasteiger partial charge in [0.05, 0.1) is 0 Å². The smallest absolute Gasteiger partial charge is 0.223 e. The highest BCUT2D eigenvalue weighted by molar-refractivity contribution is 5.39. The van der Waals surface area contributed by atoms with Gasteiger partial charge in [-0.25, -0.2) is 9.97 Å². The summed E-state index contributed by atoms with van der Waals surface area (Å²) < 4.78 is 0. The van der Waals surface area contributed by atoms with Crippen molar-refractivity contribution in [3.05, 3.63) is 52.3 Å². The summed E-state index contributed by atoms with van der Waals surface area (Å²) in [6, 6.07) is 9.06. The standard InChI is InChI=1S/C16H19N3/c1-10-11(2)17-16(18-12(10)3)19-15-8-13-6-4-5-7-14(13)9-15/h4-7,15H,8-9H2,1-3H3,(H,17,18,19). The Morgan fingerprint density at radius 3 is 2.00 bits per heavy atom. The second kappa shape index (κ2) is 4.65. The first-order valence-corrected chi connectivity index (χ1v) is 6.78. The minimum Gasteiger partial charge on any atom is -0.351 e. The highest BCUT2D eigenvalue weighted by Gasteiger charge is 2.21. The largest absolute Gasteiger partial charge is 0.351 e. The maximum absolute atomic E-state index is 4.54. The van der Waals surface area contributed by atoms with E-state index in [0.717, 1.165) is 30.2 Å². The van der Waals surface area contributed by atoms with Crippen LogP contribution in [0.1, 0.15) is 28.1 Å². The molecule has 0 saturated carbocycles. The first-order chi connectivity index (χ1) is 9.13. The summed E-state index contributed by atoms with van der Waals surface area (Å²) >= 11 is 0. The minimum atomic E-state index is 0.416. The second-order valence-corrected chi connectivity index (χ2v) is 5.36. The van der Waals surface area contributed by atoms with Crippen LogP contribution in [0.4, 0.5) is 5.95 Å². The Morgan fingerprint density at radius 2 is 1.47 bits per heavy atom. The van der Waals surface area contributed by atoms with Crippen LogP contribution in [0, 0.1) is 20.8 Å². The molecular formula is C16H19N3. The minimum absolute atomic E-state index is 0.416. The monoisotopic (exact) mass is 253 g/mol. The third-order valence-corrected chi connectivity index (χ3v) is 4.02. The number of aromatic nitrogens is 2. The zero-order chi connectivity index (χ0) is 13.4. The Balaban J connectivity index is 1.78. The number of hydrogen-bond acceptors (Lipinski definition) is 3. The van der Waals surface area contributed by atoms with Crippen molar-refractivity contribution >= 4 is 5.95 Å². The molecule has 1 aliphatic rings. The molecule has 1 aromatic heterocycles. The number of nitrogens with one attached hydrogen (secondary N) is 1. The SMILES string of the molecule is Cc1nc(NC2Cc3ccccc3C2)nc(C)c1C. The average molecular weight is 253 g/mol. The van der Waals surface area contributed by atoms with E-state index < -0.39 is 0 Å². The van der Waals surface area contributed by atoms with Gasteiger partial charge in [-0.1, -0.05) is 24.3 Å². The van der Waals surface area contributed by atoms with Gasteiger partial charge in [-0.2, -0.15) is 0 Å². The van der Waals surface area contributed by atoms with Crippen molar-refractivity contribution in [2.24, 2.45) is 0 Å². The predicted octanol–water partition coefficient (Wildman–Crippen LogP) is 2.98. The van der Waals surface area contributed by atoms with Gasteiger partial charge in [0.25, 0.3) is 0 Å². The molecule has 1 aromatic carbocycles. The lowest BCUT2D eigenvalue weighted by molar-refractivity contribution is 0.758. The van der Waals surface area contributed by atoms with Gasteiger partial charge >= 0.3 is 0 Å². The Morgan fingerprint density at radius 1 is 0.947 bits per heavy atom. The Bertz CT molecular complexity index is 571. The molecule has 0 radical (unpaired) electrons. The first-order valence-electron chi connectivity index (χ1n) is 6.78. The van der Waals surface area contributed by atoms with Crippen molar-refractivity contribution in [1.29, 1.82) is 0 Å². The molecule has 98 valence electrons. The van der Waals surface area contributed by atoms with E-state index in [1.807, 2.05) is 13.8 Å². The molecule has 0 aliphatic heterocycles. The molecule has 0 atom stereocenters. The Hall–Kier alpha value is -1.90. The van der Waals surface area contributed by atoms with Crippen molar-refractivity contribution in [1.82, 2.24) is 9.97 Å². The first kappa shape index (κ1) is 12.2. The van der Waals surface area contributed by atoms with E-state index in [9.17, 15) is 0 Å². The highest BCUT2D eigenvalue weighted by atomic mass is 15.1. The van der Waals surface area contributed by atoms with Crippen LogP contribution < -0.4 is 5.32 Å². The van der Waals surface area contributed by atoms with E-state index in [2.05, 4.69) is 46.5 Å². The van der Waals surface area contributed by atoms with Gasteiger partial charge in [-0.15, -0.1) is 0 Å². The van der Waals surface area contributed by atoms with Gasteiger partial charge in [-0.3, -0.25) is 0 Å². The number of anilines is 1. The zero-order valence-electron chi connectivity index (χ0n) is 11.7. The maximum Gasteiger partial charge on any atom is 0.223 e. The third kappa shape index (κ3) is 2.33. The summed E-state index contributed by atoms with van der Waals surface area (Å²) in [5.41, 5.74) is 6.19. The highest BCUT2D eigenvalue weighted by Crippen LogP contribution is 2.23. The summed E-state index contributed by atoms with van der Waals surface area (Å²) in [7, 11) is 0. The quantitative estimate of drug-likeness (QED) is 0.894. The van der Waals surface area contributed by atoms with Gasteiger partial charge in [0, 0.05) is 17.4 Å². The molecule has 3 heteroatoms. The molecule has 0 saturated heterocycles. The second-order valence-electron chi connectivity index (χ2n) is 5.36. The lowest BCUT2D eigenvalue weighted by atomic mass is 10.1. The van der Waals surface area contributed by atoms with Gasteiger partial charge in [-0.05, 0) is 50.3 Å². The van der Waals surface area contributed by atoms with Crippen molar-refractivity contribution in [2.75, 3.05) is 5.32 Å². The number of hydrogen-bond donors (Lipinski definition) is 1. The summed E-state index contributed by atoms with van der Waals surface area (Å²) in [6.07, 6.45) is 2.12. The Labute approximate surface area is 114 Å². The van der Waals surface area contributed by atoms with Gasteiger partial charge in [0.15, 0.2) is 0 Å². The van der Waals surface area contributed by atoms with Crippen molar-refractivity contribution < 1.29 is 0 Å². The lowest BCUT2D eigenvalue weighted by Gasteiger charge is -2.14. The topological polar surface area (TPSA) is 37.8 Å². The van der Waals surface area contributed by atoms with Crippen LogP contribution in [-0.4, -0.2) is 16.0 Å². The van der Waals surface area contributed by atoms with E-state index in [0.29, 0.717) is 6.04 Å². The lowest BCUT2D eigenvalue weighted by Crippen LogP contribution is -2.21. The van der Waals surface area contributed by atoms with Gasteiger partial charge < -0.3 is 5.32 Å². The zero-order valence-corrected chi connectivity index (χ0v) is 11.7. The molecule has 0 unspecified atom stereocenters. The number of rotatable bonds is 2. The summed E-state index contributed by atoms with van der Waals surface area (Å²) in [4.78, 5) is 9.08. The van der Waals surface area contributed by atoms with Crippen LogP contribution >= 0.6 is 0 Å². The van der Waals surface area contributed by atoms with Gasteiger partial charge in [0.1, 0.15) is 0 Å². The summed E-state index contributed by atoms with van der Waals surface area (Å²) in [6.45, 7) is 6.15. The molecule has 1 heterocycles. The van der Waals surface area contributed by atoms with Crippen LogP contribution in [0.5, 0.6) is 0 Å². The average Bonchev–Trinajstić information content (AvgIpc) is 2.78. The summed E-state index contributed by atoms with van der Waals surface area (Å²) in [5, 5.41) is 3.47. The molecular weight excluding hydrogens is 234 g/mol. The molecule has 0 fully saturated rings. The number of aryl methyl sites for hydroxylation is 2. The molecule has 0 amide bonds. The number of fused-ring (bicyclic) bond motifs is 1. The van der Waals surface area contributed by atoms with Crippen molar-refractivity contribution in [2.45, 2.75) is 39.7 Å². The molecule has 19 heavy (non-hydrogen) atoms. The van der Waals surface area contributed by atoms with E-state index in [-0.39, 0.29) is 0 Å². The molecule has 3 nitrogen and oxygen atoms in total. The number of nitrogens with zero attached hydrogens (tertiary/aromatic N) is 2. The van der Waals surface area contributed by atoms with Gasteiger partial charge in [0.2, 0.25) is 5.95 Å².